The molecule has 0 saturated heterocycles. The van der Waals surface area contributed by atoms with Crippen LogP contribution in [0.5, 0.6) is 0 Å². The monoisotopic (exact) mass is 322 g/mol. The van der Waals surface area contributed by atoms with Gasteiger partial charge in [-0.25, -0.2) is 10.8 Å². The number of halogens is 1. The summed E-state index contributed by atoms with van der Waals surface area (Å²) in [7, 11) is 4.01. The van der Waals surface area contributed by atoms with E-state index in [-0.39, 0.29) is 0 Å². The van der Waals surface area contributed by atoms with E-state index in [0.717, 1.165) is 15.8 Å². The first kappa shape index (κ1) is 13.6. The molecule has 2 aromatic rings. The van der Waals surface area contributed by atoms with Crippen molar-refractivity contribution < 1.29 is 0 Å². The van der Waals surface area contributed by atoms with E-state index in [2.05, 4.69) is 36.6 Å². The van der Waals surface area contributed by atoms with E-state index in [1.165, 1.54) is 0 Å². The molecule has 1 aromatic heterocycles. The number of nitrogens with one attached hydrogen (secondary N) is 2. The Morgan fingerprint density at radius 3 is 2.47 bits per heavy atom. The summed E-state index contributed by atoms with van der Waals surface area (Å²) in [5.74, 6) is 6.30. The molecular formula is C12H15BrN6. The van der Waals surface area contributed by atoms with Crippen molar-refractivity contribution in [2.24, 2.45) is 5.84 Å². The van der Waals surface area contributed by atoms with Crippen LogP contribution in [0, 0.1) is 0 Å². The van der Waals surface area contributed by atoms with E-state index in [9.17, 15) is 0 Å². The maximum Gasteiger partial charge on any atom is 0.239 e. The molecule has 0 bridgehead atoms. The molecule has 0 aliphatic carbocycles. The minimum atomic E-state index is 0.357. The molecule has 6 nitrogen and oxygen atoms in total. The van der Waals surface area contributed by atoms with Crippen LogP contribution < -0.4 is 21.5 Å². The van der Waals surface area contributed by atoms with E-state index < -0.39 is 0 Å². The molecule has 2 rings (SSSR count). The lowest BCUT2D eigenvalue weighted by molar-refractivity contribution is 1.11. The molecule has 7 heteroatoms. The number of nitrogen functional groups attached to an aromatic ring is 1. The Labute approximate surface area is 120 Å². The number of hydrogen-bond acceptors (Lipinski definition) is 6. The number of hydrazine groups is 1. The molecule has 0 fully saturated rings. The first-order valence-electron chi connectivity index (χ1n) is 5.63. The molecule has 0 aliphatic rings. The van der Waals surface area contributed by atoms with Crippen molar-refractivity contribution >= 4 is 39.1 Å². The van der Waals surface area contributed by atoms with Crippen LogP contribution in [0.4, 0.5) is 23.1 Å². The van der Waals surface area contributed by atoms with E-state index in [4.69, 9.17) is 5.84 Å². The van der Waals surface area contributed by atoms with Gasteiger partial charge in [-0.05, 0) is 40.2 Å². The van der Waals surface area contributed by atoms with Crippen LogP contribution in [0.15, 0.2) is 34.9 Å². The summed E-state index contributed by atoms with van der Waals surface area (Å²) in [4.78, 5) is 10.3. The fourth-order valence-electron chi connectivity index (χ4n) is 1.50. The van der Waals surface area contributed by atoms with Gasteiger partial charge in [0, 0.05) is 31.7 Å². The van der Waals surface area contributed by atoms with E-state index >= 15 is 0 Å². The van der Waals surface area contributed by atoms with Gasteiger partial charge in [0.15, 0.2) is 0 Å². The quantitative estimate of drug-likeness (QED) is 0.592. The zero-order chi connectivity index (χ0) is 13.8. The summed E-state index contributed by atoms with van der Waals surface area (Å²) in [5, 5.41) is 3.20. The van der Waals surface area contributed by atoms with Crippen molar-refractivity contribution in [3.8, 4) is 0 Å². The zero-order valence-corrected chi connectivity index (χ0v) is 12.3. The van der Waals surface area contributed by atoms with Crippen LogP contribution in [0.3, 0.4) is 0 Å². The number of nitrogens with two attached hydrogens (primary N) is 1. The number of aromatic nitrogens is 2. The highest BCUT2D eigenvalue weighted by Gasteiger charge is 2.05. The Morgan fingerprint density at radius 2 is 1.89 bits per heavy atom. The maximum atomic E-state index is 5.29. The van der Waals surface area contributed by atoms with Crippen LogP contribution >= 0.6 is 15.9 Å². The Hall–Kier alpha value is -1.86. The van der Waals surface area contributed by atoms with E-state index in [1.807, 2.05) is 43.3 Å². The second-order valence-corrected chi connectivity index (χ2v) is 4.96. The highest BCUT2D eigenvalue weighted by molar-refractivity contribution is 9.10. The first-order chi connectivity index (χ1) is 9.10. The molecule has 0 atom stereocenters. The number of rotatable bonds is 4. The van der Waals surface area contributed by atoms with Gasteiger partial charge in [-0.15, -0.1) is 0 Å². The Kier molecular flexibility index (Phi) is 4.18. The Morgan fingerprint density at radius 1 is 1.21 bits per heavy atom. The van der Waals surface area contributed by atoms with Crippen molar-refractivity contribution in [2.45, 2.75) is 0 Å². The second kappa shape index (κ2) is 5.85. The van der Waals surface area contributed by atoms with Crippen LogP contribution in [0.1, 0.15) is 0 Å². The minimum Gasteiger partial charge on any atom is -0.378 e. The number of nitrogens with zero attached hydrogens (tertiary/aromatic N) is 3. The molecule has 0 radical (unpaired) electrons. The standard InChI is InChI=1S/C12H15BrN6/c1-19(2)9-5-3-8(4-6-9)16-11-10(13)7-15-12(17-11)18-14/h3-7H,14H2,1-2H3,(H2,15,16,17,18). The van der Waals surface area contributed by atoms with Crippen LogP contribution in [-0.4, -0.2) is 24.1 Å². The van der Waals surface area contributed by atoms with Crippen molar-refractivity contribution in [3.63, 3.8) is 0 Å². The van der Waals surface area contributed by atoms with E-state index in [0.29, 0.717) is 11.8 Å². The summed E-state index contributed by atoms with van der Waals surface area (Å²) in [5.41, 5.74) is 4.49. The van der Waals surface area contributed by atoms with Crippen molar-refractivity contribution in [3.05, 3.63) is 34.9 Å². The van der Waals surface area contributed by atoms with Crippen molar-refractivity contribution in [1.29, 1.82) is 0 Å². The van der Waals surface area contributed by atoms with Crippen LogP contribution in [0.2, 0.25) is 0 Å². The molecule has 0 amide bonds. The van der Waals surface area contributed by atoms with Gasteiger partial charge in [0.25, 0.3) is 0 Å². The van der Waals surface area contributed by atoms with Gasteiger partial charge >= 0.3 is 0 Å². The van der Waals surface area contributed by atoms with Gasteiger partial charge < -0.3 is 10.2 Å². The molecule has 19 heavy (non-hydrogen) atoms. The Balaban J connectivity index is 2.20. The van der Waals surface area contributed by atoms with Crippen LogP contribution in [0.25, 0.3) is 0 Å². The van der Waals surface area contributed by atoms with Gasteiger partial charge in [0.05, 0.1) is 4.47 Å². The summed E-state index contributed by atoms with van der Waals surface area (Å²) < 4.78 is 0.767. The zero-order valence-electron chi connectivity index (χ0n) is 10.7. The molecule has 4 N–H and O–H groups in total. The van der Waals surface area contributed by atoms with Crippen molar-refractivity contribution in [1.82, 2.24) is 9.97 Å². The third-order valence-corrected chi connectivity index (χ3v) is 3.10. The maximum absolute atomic E-state index is 5.29. The average Bonchev–Trinajstić information content (AvgIpc) is 2.42. The molecule has 100 valence electrons. The predicted octanol–water partition coefficient (Wildman–Crippen LogP) is 2.33. The molecule has 0 saturated carbocycles. The molecule has 0 aliphatic heterocycles. The number of hydrogen-bond donors (Lipinski definition) is 3. The number of anilines is 4. The topological polar surface area (TPSA) is 79.1 Å². The third kappa shape index (κ3) is 3.33. The summed E-state index contributed by atoms with van der Waals surface area (Å²) in [6, 6.07) is 8.03. The van der Waals surface area contributed by atoms with Crippen molar-refractivity contribution in [2.75, 3.05) is 29.7 Å². The van der Waals surface area contributed by atoms with Gasteiger partial charge in [0.2, 0.25) is 5.95 Å². The molecule has 0 spiro atoms. The fraction of sp³-hybridized carbons (Fsp3) is 0.167. The van der Waals surface area contributed by atoms with Gasteiger partial charge in [0.1, 0.15) is 5.82 Å². The normalized spacial score (nSPS) is 10.1. The van der Waals surface area contributed by atoms with Crippen LogP contribution in [-0.2, 0) is 0 Å². The van der Waals surface area contributed by atoms with Gasteiger partial charge in [-0.2, -0.15) is 4.98 Å². The second-order valence-electron chi connectivity index (χ2n) is 4.10. The lowest BCUT2D eigenvalue weighted by Crippen LogP contribution is -2.11. The third-order valence-electron chi connectivity index (χ3n) is 2.52. The van der Waals surface area contributed by atoms with Gasteiger partial charge in [-0.3, -0.25) is 5.43 Å². The fourth-order valence-corrected chi connectivity index (χ4v) is 1.79. The highest BCUT2D eigenvalue weighted by atomic mass is 79.9. The Bertz CT molecular complexity index is 555. The smallest absolute Gasteiger partial charge is 0.239 e. The molecule has 0 unspecified atom stereocenters. The molecule has 1 heterocycles. The number of benzene rings is 1. The predicted molar refractivity (Wildman–Crippen MR) is 81.6 cm³/mol. The summed E-state index contributed by atoms with van der Waals surface area (Å²) in [6.07, 6.45) is 1.64. The minimum absolute atomic E-state index is 0.357. The average molecular weight is 323 g/mol. The van der Waals surface area contributed by atoms with Gasteiger partial charge in [-0.1, -0.05) is 0 Å². The SMILES string of the molecule is CN(C)c1ccc(Nc2nc(NN)ncc2Br)cc1. The lowest BCUT2D eigenvalue weighted by atomic mass is 10.2. The molecular weight excluding hydrogens is 308 g/mol. The highest BCUT2D eigenvalue weighted by Crippen LogP contribution is 2.25. The molecule has 1 aromatic carbocycles. The van der Waals surface area contributed by atoms with E-state index in [1.54, 1.807) is 6.20 Å². The largest absolute Gasteiger partial charge is 0.378 e. The summed E-state index contributed by atoms with van der Waals surface area (Å²) >= 11 is 3.39. The first-order valence-corrected chi connectivity index (χ1v) is 6.43. The summed E-state index contributed by atoms with van der Waals surface area (Å²) in [6.45, 7) is 0. The lowest BCUT2D eigenvalue weighted by Gasteiger charge is -2.13.